The summed E-state index contributed by atoms with van der Waals surface area (Å²) < 4.78 is 5.76. The summed E-state index contributed by atoms with van der Waals surface area (Å²) in [7, 11) is 1.70. The molecule has 1 spiro atoms. The third-order valence-electron chi connectivity index (χ3n) is 5.26. The number of benzene rings is 1. The van der Waals surface area contributed by atoms with Crippen LogP contribution in [0.3, 0.4) is 0 Å². The van der Waals surface area contributed by atoms with E-state index in [-0.39, 0.29) is 11.4 Å². The molecule has 1 aromatic rings. The van der Waals surface area contributed by atoms with E-state index in [0.29, 0.717) is 0 Å². The van der Waals surface area contributed by atoms with E-state index < -0.39 is 0 Å². The van der Waals surface area contributed by atoms with Crippen molar-refractivity contribution in [3.8, 4) is 0 Å². The molecule has 0 atom stereocenters. The monoisotopic (exact) mass is 299 g/mol. The minimum atomic E-state index is -0.273. The Labute approximate surface area is 132 Å². The number of nitrogens with one attached hydrogen (secondary N) is 1. The number of ether oxygens (including phenoxy) is 1. The Balaban J connectivity index is 2.16. The average Bonchev–Trinajstić information content (AvgIpc) is 2.75. The first-order chi connectivity index (χ1) is 10.5. The molecule has 1 heterocycles. The lowest BCUT2D eigenvalue weighted by molar-refractivity contribution is -0.116. The van der Waals surface area contributed by atoms with E-state index in [9.17, 15) is 4.79 Å². The van der Waals surface area contributed by atoms with E-state index in [0.717, 1.165) is 48.1 Å². The number of hydrogen-bond donors (Lipinski definition) is 1. The second-order valence-electron chi connectivity index (χ2n) is 6.76. The van der Waals surface area contributed by atoms with Gasteiger partial charge in [0.05, 0.1) is 18.2 Å². The lowest BCUT2D eigenvalue weighted by Gasteiger charge is -2.34. The van der Waals surface area contributed by atoms with Crippen molar-refractivity contribution >= 4 is 11.5 Å². The van der Waals surface area contributed by atoms with Gasteiger partial charge in [0.1, 0.15) is 5.76 Å². The first-order valence-electron chi connectivity index (χ1n) is 8.18. The molecule has 0 radical (unpaired) electrons. The van der Waals surface area contributed by atoms with Crippen LogP contribution in [-0.2, 0) is 9.53 Å². The van der Waals surface area contributed by atoms with Crippen LogP contribution in [0, 0.1) is 20.8 Å². The summed E-state index contributed by atoms with van der Waals surface area (Å²) in [6.45, 7) is 6.27. The van der Waals surface area contributed by atoms with Crippen molar-refractivity contribution in [1.29, 1.82) is 0 Å². The van der Waals surface area contributed by atoms with E-state index in [4.69, 9.17) is 4.74 Å². The zero-order valence-electron chi connectivity index (χ0n) is 14.0. The van der Waals surface area contributed by atoms with Gasteiger partial charge in [-0.25, -0.2) is 0 Å². The van der Waals surface area contributed by atoms with E-state index in [1.165, 1.54) is 17.5 Å². The molecular weight excluding hydrogens is 274 g/mol. The number of rotatable bonds is 2. The van der Waals surface area contributed by atoms with Crippen LogP contribution >= 0.6 is 0 Å². The van der Waals surface area contributed by atoms with Crippen molar-refractivity contribution < 1.29 is 9.53 Å². The normalized spacial score (nSPS) is 20.5. The highest BCUT2D eigenvalue weighted by Crippen LogP contribution is 2.43. The SMILES string of the molecule is COC1=C(c2cc(C)c(C)cc2C)C(=O)NC12CCCCC2. The minimum Gasteiger partial charge on any atom is -0.498 e. The maximum atomic E-state index is 12.7. The number of carbonyl (C=O) groups excluding carboxylic acids is 1. The first kappa shape index (κ1) is 15.1. The zero-order chi connectivity index (χ0) is 15.9. The van der Waals surface area contributed by atoms with E-state index in [1.54, 1.807) is 7.11 Å². The fourth-order valence-electron chi connectivity index (χ4n) is 3.96. The molecule has 0 aromatic heterocycles. The highest BCUT2D eigenvalue weighted by atomic mass is 16.5. The van der Waals surface area contributed by atoms with Gasteiger partial charge < -0.3 is 10.1 Å². The summed E-state index contributed by atoms with van der Waals surface area (Å²) in [5.41, 5.74) is 5.08. The van der Waals surface area contributed by atoms with E-state index in [2.05, 4.69) is 38.2 Å². The largest absolute Gasteiger partial charge is 0.498 e. The molecule has 3 heteroatoms. The molecule has 1 N–H and O–H groups in total. The van der Waals surface area contributed by atoms with E-state index >= 15 is 0 Å². The lowest BCUT2D eigenvalue weighted by Crippen LogP contribution is -2.46. The van der Waals surface area contributed by atoms with Gasteiger partial charge in [-0.05, 0) is 55.9 Å². The average molecular weight is 299 g/mol. The third kappa shape index (κ3) is 2.23. The predicted molar refractivity (Wildman–Crippen MR) is 88.5 cm³/mol. The topological polar surface area (TPSA) is 38.3 Å². The van der Waals surface area contributed by atoms with Crippen LogP contribution in [0.2, 0.25) is 0 Å². The Kier molecular flexibility index (Phi) is 3.75. The highest BCUT2D eigenvalue weighted by Gasteiger charge is 2.47. The van der Waals surface area contributed by atoms with Crippen LogP contribution < -0.4 is 5.32 Å². The summed E-state index contributed by atoms with van der Waals surface area (Å²) in [6.07, 6.45) is 5.50. The van der Waals surface area contributed by atoms with Gasteiger partial charge in [-0.15, -0.1) is 0 Å². The smallest absolute Gasteiger partial charge is 0.256 e. The van der Waals surface area contributed by atoms with E-state index in [1.807, 2.05) is 0 Å². The molecule has 1 aliphatic carbocycles. The fourth-order valence-corrected chi connectivity index (χ4v) is 3.96. The second-order valence-corrected chi connectivity index (χ2v) is 6.76. The molecule has 1 saturated carbocycles. The van der Waals surface area contributed by atoms with Crippen molar-refractivity contribution in [3.05, 3.63) is 40.1 Å². The van der Waals surface area contributed by atoms with Crippen LogP contribution in [0.15, 0.2) is 17.9 Å². The Morgan fingerprint density at radius 1 is 1.00 bits per heavy atom. The maximum absolute atomic E-state index is 12.7. The van der Waals surface area contributed by atoms with Crippen LogP contribution in [-0.4, -0.2) is 18.6 Å². The quantitative estimate of drug-likeness (QED) is 0.902. The molecule has 0 bridgehead atoms. The zero-order valence-corrected chi connectivity index (χ0v) is 14.0. The molecule has 1 aliphatic heterocycles. The van der Waals surface area contributed by atoms with Gasteiger partial charge in [0.2, 0.25) is 0 Å². The van der Waals surface area contributed by atoms with Crippen molar-refractivity contribution in [2.45, 2.75) is 58.4 Å². The van der Waals surface area contributed by atoms with Gasteiger partial charge >= 0.3 is 0 Å². The van der Waals surface area contributed by atoms with Gasteiger partial charge in [-0.2, -0.15) is 0 Å². The molecule has 118 valence electrons. The molecule has 3 nitrogen and oxygen atoms in total. The van der Waals surface area contributed by atoms with Crippen LogP contribution in [0.5, 0.6) is 0 Å². The Hall–Kier alpha value is -1.77. The van der Waals surface area contributed by atoms with Crippen molar-refractivity contribution in [3.63, 3.8) is 0 Å². The summed E-state index contributed by atoms with van der Waals surface area (Å²) in [4.78, 5) is 12.7. The fraction of sp³-hybridized carbons (Fsp3) is 0.526. The maximum Gasteiger partial charge on any atom is 0.256 e. The number of hydrogen-bond acceptors (Lipinski definition) is 2. The Bertz CT molecular complexity index is 652. The molecule has 1 fully saturated rings. The molecule has 0 saturated heterocycles. The summed E-state index contributed by atoms with van der Waals surface area (Å²) >= 11 is 0. The van der Waals surface area contributed by atoms with Crippen molar-refractivity contribution in [1.82, 2.24) is 5.32 Å². The van der Waals surface area contributed by atoms with Gasteiger partial charge in [0.25, 0.3) is 5.91 Å². The summed E-state index contributed by atoms with van der Waals surface area (Å²) in [5.74, 6) is 0.869. The molecule has 1 aromatic carbocycles. The van der Waals surface area contributed by atoms with Crippen LogP contribution in [0.25, 0.3) is 5.57 Å². The standard InChI is InChI=1S/C19H25NO2/c1-12-10-14(3)15(11-13(12)2)16-17(22-4)19(20-18(16)21)8-6-5-7-9-19/h10-11H,5-9H2,1-4H3,(H,20,21). The van der Waals surface area contributed by atoms with Gasteiger partial charge in [0.15, 0.2) is 0 Å². The number of methoxy groups -OCH3 is 1. The number of amides is 1. The molecule has 3 rings (SSSR count). The molecular formula is C19H25NO2. The minimum absolute atomic E-state index is 0.0186. The van der Waals surface area contributed by atoms with Gasteiger partial charge in [-0.3, -0.25) is 4.79 Å². The third-order valence-corrected chi connectivity index (χ3v) is 5.26. The summed E-state index contributed by atoms with van der Waals surface area (Å²) in [5, 5.41) is 3.24. The molecule has 2 aliphatic rings. The van der Waals surface area contributed by atoms with Gasteiger partial charge in [0, 0.05) is 0 Å². The molecule has 1 amide bonds. The van der Waals surface area contributed by atoms with Gasteiger partial charge in [-0.1, -0.05) is 31.4 Å². The molecule has 22 heavy (non-hydrogen) atoms. The number of carbonyl (C=O) groups is 1. The van der Waals surface area contributed by atoms with Crippen LogP contribution in [0.1, 0.15) is 54.4 Å². The Morgan fingerprint density at radius 3 is 2.27 bits per heavy atom. The Morgan fingerprint density at radius 2 is 1.64 bits per heavy atom. The summed E-state index contributed by atoms with van der Waals surface area (Å²) in [6, 6.07) is 4.28. The first-order valence-corrected chi connectivity index (χ1v) is 8.18. The molecule has 0 unspecified atom stereocenters. The lowest BCUT2D eigenvalue weighted by atomic mass is 9.80. The van der Waals surface area contributed by atoms with Crippen LogP contribution in [0.4, 0.5) is 0 Å². The predicted octanol–water partition coefficient (Wildman–Crippen LogP) is 3.80. The van der Waals surface area contributed by atoms with Crippen molar-refractivity contribution in [2.24, 2.45) is 0 Å². The number of aryl methyl sites for hydroxylation is 3. The van der Waals surface area contributed by atoms with Crippen molar-refractivity contribution in [2.75, 3.05) is 7.11 Å². The second kappa shape index (κ2) is 5.45. The highest BCUT2D eigenvalue weighted by molar-refractivity contribution is 6.23.